The zero-order valence-electron chi connectivity index (χ0n) is 19.5. The smallest absolute Gasteiger partial charge is 0.251 e. The van der Waals surface area contributed by atoms with Crippen molar-refractivity contribution >= 4 is 11.7 Å². The molecular weight excluding hydrogens is 433 g/mol. The van der Waals surface area contributed by atoms with Gasteiger partial charge in [-0.3, -0.25) is 9.59 Å². The largest absolute Gasteiger partial charge is 0.484 e. The van der Waals surface area contributed by atoms with Crippen LogP contribution >= 0.6 is 0 Å². The SMILES string of the molecule is CC(=O)c1cc(CCc2ccccc2)c2c(c1)C(NC(=O)c1ccc(F)cc1)C(O)C(C)(C)O2. The molecule has 2 unspecified atom stereocenters. The lowest BCUT2D eigenvalue weighted by molar-refractivity contribution is -0.0633. The number of amides is 1. The van der Waals surface area contributed by atoms with Gasteiger partial charge in [0.25, 0.3) is 5.91 Å². The molecule has 0 aromatic heterocycles. The van der Waals surface area contributed by atoms with Crippen molar-refractivity contribution in [2.45, 2.75) is 51.4 Å². The van der Waals surface area contributed by atoms with Crippen LogP contribution in [0.4, 0.5) is 4.39 Å². The van der Waals surface area contributed by atoms with Crippen LogP contribution in [0.3, 0.4) is 0 Å². The molecule has 3 aromatic rings. The molecule has 3 aromatic carbocycles. The van der Waals surface area contributed by atoms with Gasteiger partial charge in [0, 0.05) is 16.7 Å². The fraction of sp³-hybridized carbons (Fsp3) is 0.286. The molecule has 4 rings (SSSR count). The van der Waals surface area contributed by atoms with Crippen molar-refractivity contribution in [1.29, 1.82) is 0 Å². The van der Waals surface area contributed by atoms with Crippen molar-refractivity contribution < 1.29 is 23.8 Å². The predicted octanol–water partition coefficient (Wildman–Crippen LogP) is 4.82. The van der Waals surface area contributed by atoms with E-state index in [0.29, 0.717) is 23.3 Å². The van der Waals surface area contributed by atoms with Crippen molar-refractivity contribution in [2.24, 2.45) is 0 Å². The van der Waals surface area contributed by atoms with E-state index in [9.17, 15) is 19.1 Å². The van der Waals surface area contributed by atoms with E-state index in [1.165, 1.54) is 31.2 Å². The van der Waals surface area contributed by atoms with E-state index >= 15 is 0 Å². The average molecular weight is 462 g/mol. The van der Waals surface area contributed by atoms with Crippen LogP contribution in [0.15, 0.2) is 66.7 Å². The summed E-state index contributed by atoms with van der Waals surface area (Å²) in [6.07, 6.45) is 0.292. The minimum absolute atomic E-state index is 0.119. The molecule has 5 nitrogen and oxygen atoms in total. The third-order valence-electron chi connectivity index (χ3n) is 6.25. The maximum absolute atomic E-state index is 13.3. The Labute approximate surface area is 198 Å². The Morgan fingerprint density at radius 1 is 1.00 bits per heavy atom. The summed E-state index contributed by atoms with van der Waals surface area (Å²) in [6, 6.07) is 17.9. The minimum Gasteiger partial charge on any atom is -0.484 e. The van der Waals surface area contributed by atoms with Crippen LogP contribution in [0.25, 0.3) is 0 Å². The monoisotopic (exact) mass is 461 g/mol. The number of aliphatic hydroxyl groups excluding tert-OH is 1. The van der Waals surface area contributed by atoms with E-state index in [1.54, 1.807) is 19.9 Å². The summed E-state index contributed by atoms with van der Waals surface area (Å²) < 4.78 is 19.6. The molecule has 0 saturated heterocycles. The van der Waals surface area contributed by atoms with Gasteiger partial charge in [-0.25, -0.2) is 4.39 Å². The van der Waals surface area contributed by atoms with Crippen molar-refractivity contribution in [3.05, 3.63) is 100 Å². The van der Waals surface area contributed by atoms with E-state index in [2.05, 4.69) is 5.32 Å². The number of rotatable bonds is 6. The maximum atomic E-state index is 13.3. The maximum Gasteiger partial charge on any atom is 0.251 e. The molecule has 0 spiro atoms. The molecule has 1 aliphatic heterocycles. The van der Waals surface area contributed by atoms with Gasteiger partial charge in [0.2, 0.25) is 0 Å². The molecule has 34 heavy (non-hydrogen) atoms. The number of carbonyl (C=O) groups is 2. The quantitative estimate of drug-likeness (QED) is 0.517. The van der Waals surface area contributed by atoms with E-state index in [1.807, 2.05) is 36.4 Å². The summed E-state index contributed by atoms with van der Waals surface area (Å²) in [6.45, 7) is 5.01. The van der Waals surface area contributed by atoms with Crippen molar-refractivity contribution in [3.8, 4) is 5.75 Å². The average Bonchev–Trinajstić information content (AvgIpc) is 2.81. The minimum atomic E-state index is -1.08. The molecule has 1 amide bonds. The van der Waals surface area contributed by atoms with Crippen LogP contribution in [-0.2, 0) is 12.8 Å². The molecule has 1 heterocycles. The molecule has 2 atom stereocenters. The Balaban J connectivity index is 1.74. The Hall–Kier alpha value is -3.51. The Bertz CT molecular complexity index is 1210. The standard InChI is InChI=1S/C28H28FNO4/c1-17(31)21-15-20(10-9-18-7-5-4-6-8-18)25-23(16-21)24(26(32)28(2,3)34-25)30-27(33)19-11-13-22(29)14-12-19/h4-8,11-16,24,26,32H,9-10H2,1-3H3,(H,30,33). The zero-order chi connectivity index (χ0) is 24.5. The molecule has 1 aliphatic rings. The van der Waals surface area contributed by atoms with Gasteiger partial charge in [0.15, 0.2) is 5.78 Å². The van der Waals surface area contributed by atoms with Crippen molar-refractivity contribution in [2.75, 3.05) is 0 Å². The van der Waals surface area contributed by atoms with E-state index in [4.69, 9.17) is 4.74 Å². The van der Waals surface area contributed by atoms with Crippen molar-refractivity contribution in [1.82, 2.24) is 5.32 Å². The first-order chi connectivity index (χ1) is 16.2. The van der Waals surface area contributed by atoms with Crippen LogP contribution in [0.1, 0.15) is 64.2 Å². The molecule has 176 valence electrons. The molecule has 6 heteroatoms. The van der Waals surface area contributed by atoms with Crippen LogP contribution in [0, 0.1) is 5.82 Å². The second-order valence-corrected chi connectivity index (χ2v) is 9.20. The summed E-state index contributed by atoms with van der Waals surface area (Å²) in [5, 5.41) is 14.0. The normalized spacial score (nSPS) is 18.5. The number of ketones is 1. The highest BCUT2D eigenvalue weighted by atomic mass is 19.1. The summed E-state index contributed by atoms with van der Waals surface area (Å²) in [7, 11) is 0. The number of hydrogen-bond donors (Lipinski definition) is 2. The van der Waals surface area contributed by atoms with E-state index in [0.717, 1.165) is 17.5 Å². The van der Waals surface area contributed by atoms with Crippen molar-refractivity contribution in [3.63, 3.8) is 0 Å². The first-order valence-corrected chi connectivity index (χ1v) is 11.3. The van der Waals surface area contributed by atoms with E-state index < -0.39 is 29.5 Å². The third kappa shape index (κ3) is 4.87. The number of nitrogens with one attached hydrogen (secondary N) is 1. The summed E-state index contributed by atoms with van der Waals surface area (Å²) in [5.74, 6) is -0.442. The first-order valence-electron chi connectivity index (χ1n) is 11.3. The Morgan fingerprint density at radius 2 is 1.68 bits per heavy atom. The fourth-order valence-corrected chi connectivity index (χ4v) is 4.26. The summed E-state index contributed by atoms with van der Waals surface area (Å²) >= 11 is 0. The third-order valence-corrected chi connectivity index (χ3v) is 6.25. The number of benzene rings is 3. The van der Waals surface area contributed by atoms with Gasteiger partial charge in [0.1, 0.15) is 23.3 Å². The Morgan fingerprint density at radius 3 is 2.32 bits per heavy atom. The van der Waals surface area contributed by atoms with Crippen LogP contribution < -0.4 is 10.1 Å². The second-order valence-electron chi connectivity index (χ2n) is 9.20. The molecule has 0 aliphatic carbocycles. The number of Topliss-reactive ketones (excluding diaryl/α,β-unsaturated/α-hetero) is 1. The van der Waals surface area contributed by atoms with Crippen LogP contribution in [-0.4, -0.2) is 28.5 Å². The molecule has 0 radical (unpaired) electrons. The molecular formula is C28H28FNO4. The van der Waals surface area contributed by atoms with Gasteiger partial charge in [-0.1, -0.05) is 30.3 Å². The lowest BCUT2D eigenvalue weighted by atomic mass is 9.83. The molecule has 0 fully saturated rings. The van der Waals surface area contributed by atoms with Gasteiger partial charge < -0.3 is 15.2 Å². The zero-order valence-corrected chi connectivity index (χ0v) is 19.5. The molecule has 0 bridgehead atoms. The van der Waals surface area contributed by atoms with Gasteiger partial charge >= 0.3 is 0 Å². The topological polar surface area (TPSA) is 75.6 Å². The highest BCUT2D eigenvalue weighted by Crippen LogP contribution is 2.43. The lowest BCUT2D eigenvalue weighted by Gasteiger charge is -2.43. The number of carbonyl (C=O) groups excluding carboxylic acids is 2. The van der Waals surface area contributed by atoms with E-state index in [-0.39, 0.29) is 11.3 Å². The second kappa shape index (κ2) is 9.39. The number of ether oxygens (including phenoxy) is 1. The number of fused-ring (bicyclic) bond motifs is 1. The van der Waals surface area contributed by atoms with Crippen LogP contribution in [0.2, 0.25) is 0 Å². The fourth-order valence-electron chi connectivity index (χ4n) is 4.26. The van der Waals surface area contributed by atoms with Gasteiger partial charge in [-0.2, -0.15) is 0 Å². The van der Waals surface area contributed by atoms with Gasteiger partial charge in [-0.05, 0) is 81.1 Å². The predicted molar refractivity (Wildman–Crippen MR) is 128 cm³/mol. The lowest BCUT2D eigenvalue weighted by Crippen LogP contribution is -2.53. The number of halogens is 1. The van der Waals surface area contributed by atoms with Crippen LogP contribution in [0.5, 0.6) is 5.75 Å². The highest BCUT2D eigenvalue weighted by Gasteiger charge is 2.44. The molecule has 2 N–H and O–H groups in total. The highest BCUT2D eigenvalue weighted by molar-refractivity contribution is 5.96. The first kappa shape index (κ1) is 23.6. The van der Waals surface area contributed by atoms with Gasteiger partial charge in [0.05, 0.1) is 6.04 Å². The number of aliphatic hydroxyl groups is 1. The number of aryl methyl sites for hydroxylation is 2. The summed E-state index contributed by atoms with van der Waals surface area (Å²) in [5.41, 5.74) is 2.31. The van der Waals surface area contributed by atoms with Gasteiger partial charge in [-0.15, -0.1) is 0 Å². The number of hydrogen-bond acceptors (Lipinski definition) is 4. The molecule has 0 saturated carbocycles. The Kier molecular flexibility index (Phi) is 6.53. The summed E-state index contributed by atoms with van der Waals surface area (Å²) in [4.78, 5) is 25.3.